The van der Waals surface area contributed by atoms with Crippen LogP contribution in [0.4, 0.5) is 13.2 Å². The number of carbonyl (C=O) groups is 1. The molecule has 0 aromatic heterocycles. The normalized spacial score (nSPS) is 11.5. The first-order valence-electron chi connectivity index (χ1n) is 8.93. The lowest BCUT2D eigenvalue weighted by Crippen LogP contribution is -2.26. The Balaban J connectivity index is 2.06. The van der Waals surface area contributed by atoms with Crippen LogP contribution in [-0.2, 0) is 17.4 Å². The second kappa shape index (κ2) is 9.02. The zero-order chi connectivity index (χ0) is 21.0. The summed E-state index contributed by atoms with van der Waals surface area (Å²) in [5, 5.41) is 4.68. The Morgan fingerprint density at radius 2 is 1.86 bits per heavy atom. The van der Waals surface area contributed by atoms with Crippen LogP contribution in [0.1, 0.15) is 11.1 Å². The SMILES string of the molecule is COc1ccc2cc(-c3cccc(C(F)(F)F)c3)cc(CCNC(=O)CI)c2c1. The molecule has 0 saturated carbocycles. The molecule has 0 aliphatic heterocycles. The van der Waals surface area contributed by atoms with Crippen LogP contribution >= 0.6 is 22.6 Å². The highest BCUT2D eigenvalue weighted by Crippen LogP contribution is 2.34. The van der Waals surface area contributed by atoms with Crippen LogP contribution in [0.25, 0.3) is 21.9 Å². The fourth-order valence-corrected chi connectivity index (χ4v) is 3.44. The van der Waals surface area contributed by atoms with E-state index in [2.05, 4.69) is 5.32 Å². The molecule has 0 bridgehead atoms. The lowest BCUT2D eigenvalue weighted by atomic mass is 9.94. The Labute approximate surface area is 180 Å². The van der Waals surface area contributed by atoms with Gasteiger partial charge in [0.2, 0.25) is 5.91 Å². The van der Waals surface area contributed by atoms with E-state index in [0.29, 0.717) is 34.3 Å². The van der Waals surface area contributed by atoms with Gasteiger partial charge in [0.25, 0.3) is 0 Å². The Kier molecular flexibility index (Phi) is 6.66. The summed E-state index contributed by atoms with van der Waals surface area (Å²) in [5.41, 5.74) is 1.45. The van der Waals surface area contributed by atoms with E-state index in [9.17, 15) is 18.0 Å². The molecular formula is C22H19F3INO2. The first kappa shape index (κ1) is 21.4. The zero-order valence-corrected chi connectivity index (χ0v) is 17.8. The van der Waals surface area contributed by atoms with Crippen molar-refractivity contribution in [3.05, 3.63) is 65.7 Å². The first-order chi connectivity index (χ1) is 13.8. The average Bonchev–Trinajstić information content (AvgIpc) is 2.72. The summed E-state index contributed by atoms with van der Waals surface area (Å²) in [6, 6.07) is 14.7. The molecule has 3 nitrogen and oxygen atoms in total. The van der Waals surface area contributed by atoms with Crippen molar-refractivity contribution >= 4 is 39.3 Å². The van der Waals surface area contributed by atoms with E-state index in [0.717, 1.165) is 28.5 Å². The molecule has 0 fully saturated rings. The number of halogens is 4. The minimum atomic E-state index is -4.40. The highest BCUT2D eigenvalue weighted by Gasteiger charge is 2.30. The third kappa shape index (κ3) is 5.20. The van der Waals surface area contributed by atoms with Gasteiger partial charge in [0.15, 0.2) is 0 Å². The first-order valence-corrected chi connectivity index (χ1v) is 10.5. The van der Waals surface area contributed by atoms with Crippen LogP contribution in [0.5, 0.6) is 5.75 Å². The largest absolute Gasteiger partial charge is 0.497 e. The van der Waals surface area contributed by atoms with E-state index in [1.807, 2.05) is 52.9 Å². The molecule has 29 heavy (non-hydrogen) atoms. The number of alkyl halides is 4. The van der Waals surface area contributed by atoms with Crippen molar-refractivity contribution in [2.75, 3.05) is 18.1 Å². The number of fused-ring (bicyclic) bond motifs is 1. The van der Waals surface area contributed by atoms with Crippen molar-refractivity contribution in [2.45, 2.75) is 12.6 Å². The molecular weight excluding hydrogens is 494 g/mol. The molecule has 0 aliphatic carbocycles. The molecule has 7 heteroatoms. The number of ether oxygens (including phenoxy) is 1. The van der Waals surface area contributed by atoms with Crippen LogP contribution in [0.3, 0.4) is 0 Å². The number of hydrogen-bond donors (Lipinski definition) is 1. The maximum Gasteiger partial charge on any atom is 0.416 e. The summed E-state index contributed by atoms with van der Waals surface area (Å²) in [6.45, 7) is 0.445. The summed E-state index contributed by atoms with van der Waals surface area (Å²) in [6.07, 6.45) is -3.84. The molecule has 1 amide bonds. The predicted octanol–water partition coefficient (Wildman–Crippen LogP) is 5.63. The van der Waals surface area contributed by atoms with E-state index >= 15 is 0 Å². The van der Waals surface area contributed by atoms with Gasteiger partial charge in [-0.25, -0.2) is 0 Å². The summed E-state index contributed by atoms with van der Waals surface area (Å²) < 4.78 is 45.0. The molecule has 3 aromatic rings. The van der Waals surface area contributed by atoms with Gasteiger partial charge < -0.3 is 10.1 Å². The van der Waals surface area contributed by atoms with Crippen molar-refractivity contribution in [2.24, 2.45) is 0 Å². The minimum absolute atomic E-state index is 0.0541. The number of amides is 1. The van der Waals surface area contributed by atoms with Gasteiger partial charge in [0.05, 0.1) is 17.1 Å². The van der Waals surface area contributed by atoms with Gasteiger partial charge in [-0.3, -0.25) is 4.79 Å². The lowest BCUT2D eigenvalue weighted by Gasteiger charge is -2.14. The molecule has 152 valence electrons. The maximum atomic E-state index is 13.1. The van der Waals surface area contributed by atoms with Gasteiger partial charge in [-0.2, -0.15) is 13.2 Å². The minimum Gasteiger partial charge on any atom is -0.497 e. The zero-order valence-electron chi connectivity index (χ0n) is 15.6. The van der Waals surface area contributed by atoms with Crippen molar-refractivity contribution < 1.29 is 22.7 Å². The molecule has 3 rings (SSSR count). The Bertz CT molecular complexity index is 1030. The topological polar surface area (TPSA) is 38.3 Å². The molecule has 0 radical (unpaired) electrons. The number of hydrogen-bond acceptors (Lipinski definition) is 2. The van der Waals surface area contributed by atoms with E-state index in [4.69, 9.17) is 4.74 Å². The number of rotatable bonds is 6. The molecule has 0 unspecified atom stereocenters. The van der Waals surface area contributed by atoms with E-state index in [1.165, 1.54) is 6.07 Å². The highest BCUT2D eigenvalue weighted by atomic mass is 127. The van der Waals surface area contributed by atoms with Gasteiger partial charge in [-0.15, -0.1) is 0 Å². The van der Waals surface area contributed by atoms with Gasteiger partial charge in [0.1, 0.15) is 5.75 Å². The monoisotopic (exact) mass is 513 g/mol. The van der Waals surface area contributed by atoms with Crippen LogP contribution in [0.2, 0.25) is 0 Å². The van der Waals surface area contributed by atoms with Crippen molar-refractivity contribution in [3.63, 3.8) is 0 Å². The highest BCUT2D eigenvalue weighted by molar-refractivity contribution is 14.1. The third-order valence-electron chi connectivity index (χ3n) is 4.61. The Morgan fingerprint density at radius 1 is 1.07 bits per heavy atom. The Morgan fingerprint density at radius 3 is 2.55 bits per heavy atom. The van der Waals surface area contributed by atoms with Crippen molar-refractivity contribution in [1.82, 2.24) is 5.32 Å². The summed E-state index contributed by atoms with van der Waals surface area (Å²) >= 11 is 1.99. The molecule has 0 heterocycles. The van der Waals surface area contributed by atoms with E-state index in [-0.39, 0.29) is 5.91 Å². The molecule has 0 saturated heterocycles. The van der Waals surface area contributed by atoms with Crippen LogP contribution in [0, 0.1) is 0 Å². The second-order valence-electron chi connectivity index (χ2n) is 6.53. The number of methoxy groups -OCH3 is 1. The van der Waals surface area contributed by atoms with Gasteiger partial charge in [-0.1, -0.05) is 46.9 Å². The lowest BCUT2D eigenvalue weighted by molar-refractivity contribution is -0.137. The smallest absolute Gasteiger partial charge is 0.416 e. The second-order valence-corrected chi connectivity index (χ2v) is 7.30. The molecule has 3 aromatic carbocycles. The number of nitrogens with one attached hydrogen (secondary N) is 1. The Hall–Kier alpha value is -2.29. The molecule has 1 N–H and O–H groups in total. The van der Waals surface area contributed by atoms with Gasteiger partial charge >= 0.3 is 6.18 Å². The predicted molar refractivity (Wildman–Crippen MR) is 117 cm³/mol. The van der Waals surface area contributed by atoms with Gasteiger partial charge in [-0.05, 0) is 64.2 Å². The molecule has 0 spiro atoms. The van der Waals surface area contributed by atoms with Crippen LogP contribution in [-0.4, -0.2) is 24.0 Å². The summed E-state index contributed by atoms with van der Waals surface area (Å²) in [5.74, 6) is 0.642. The standard InChI is InChI=1S/C22H19F3INO2/c1-29-19-6-5-15-9-17(14-3-2-4-18(11-14)22(23,24)25)10-16(20(15)12-19)7-8-27-21(28)13-26/h2-6,9-12H,7-8,13H2,1H3,(H,27,28). The number of carbonyl (C=O) groups excluding carboxylic acids is 1. The van der Waals surface area contributed by atoms with E-state index < -0.39 is 11.7 Å². The van der Waals surface area contributed by atoms with E-state index in [1.54, 1.807) is 13.2 Å². The summed E-state index contributed by atoms with van der Waals surface area (Å²) in [7, 11) is 1.58. The average molecular weight is 513 g/mol. The van der Waals surface area contributed by atoms with Crippen LogP contribution in [0.15, 0.2) is 54.6 Å². The maximum absolute atomic E-state index is 13.1. The van der Waals surface area contributed by atoms with Crippen molar-refractivity contribution in [1.29, 1.82) is 0 Å². The number of benzene rings is 3. The summed E-state index contributed by atoms with van der Waals surface area (Å²) in [4.78, 5) is 11.5. The third-order valence-corrected chi connectivity index (χ3v) is 5.30. The molecule has 0 aliphatic rings. The fourth-order valence-electron chi connectivity index (χ4n) is 3.17. The van der Waals surface area contributed by atoms with Crippen LogP contribution < -0.4 is 10.1 Å². The van der Waals surface area contributed by atoms with Gasteiger partial charge in [0, 0.05) is 6.54 Å². The quantitative estimate of drug-likeness (QED) is 0.343. The fraction of sp³-hybridized carbons (Fsp3) is 0.227. The molecule has 0 atom stereocenters. The van der Waals surface area contributed by atoms with Crippen molar-refractivity contribution in [3.8, 4) is 16.9 Å².